The maximum Gasteiger partial charge on any atom is 0.257 e. The van der Waals surface area contributed by atoms with Crippen molar-refractivity contribution in [3.8, 4) is 0 Å². The van der Waals surface area contributed by atoms with Gasteiger partial charge in [-0.1, -0.05) is 42.7 Å². The van der Waals surface area contributed by atoms with Crippen molar-refractivity contribution in [2.75, 3.05) is 0 Å². The van der Waals surface area contributed by atoms with Crippen molar-refractivity contribution in [3.63, 3.8) is 0 Å². The summed E-state index contributed by atoms with van der Waals surface area (Å²) < 4.78 is 1.88. The smallest absolute Gasteiger partial charge is 0.257 e. The zero-order chi connectivity index (χ0) is 17.9. The summed E-state index contributed by atoms with van der Waals surface area (Å²) in [5, 5.41) is 7.47. The first-order valence-electron chi connectivity index (χ1n) is 9.40. The van der Waals surface area contributed by atoms with E-state index < -0.39 is 0 Å². The molecule has 0 bridgehead atoms. The number of aromatic nitrogens is 3. The second-order valence-electron chi connectivity index (χ2n) is 7.11. The van der Waals surface area contributed by atoms with E-state index in [1.54, 1.807) is 6.20 Å². The van der Waals surface area contributed by atoms with Crippen LogP contribution in [0.25, 0.3) is 5.65 Å². The fourth-order valence-electron chi connectivity index (χ4n) is 3.59. The van der Waals surface area contributed by atoms with Crippen LogP contribution in [0.15, 0.2) is 36.7 Å². The van der Waals surface area contributed by atoms with E-state index >= 15 is 0 Å². The first-order chi connectivity index (χ1) is 12.7. The van der Waals surface area contributed by atoms with Crippen molar-refractivity contribution < 1.29 is 4.79 Å². The summed E-state index contributed by atoms with van der Waals surface area (Å²) in [7, 11) is 0. The zero-order valence-corrected chi connectivity index (χ0v) is 15.2. The molecule has 2 aromatic heterocycles. The third-order valence-electron chi connectivity index (χ3n) is 5.14. The van der Waals surface area contributed by atoms with Gasteiger partial charge in [0, 0.05) is 18.4 Å². The second-order valence-corrected chi connectivity index (χ2v) is 7.11. The van der Waals surface area contributed by atoms with Gasteiger partial charge in [-0.25, -0.2) is 9.50 Å². The molecule has 0 spiro atoms. The minimum Gasteiger partial charge on any atom is -0.348 e. The summed E-state index contributed by atoms with van der Waals surface area (Å²) in [5.41, 5.74) is 5.98. The maximum absolute atomic E-state index is 12.6. The number of fused-ring (bicyclic) bond motifs is 3. The highest BCUT2D eigenvalue weighted by atomic mass is 16.1. The van der Waals surface area contributed by atoms with E-state index in [0.29, 0.717) is 17.8 Å². The number of carbonyl (C=O) groups excluding carboxylic acids is 1. The first kappa shape index (κ1) is 16.8. The highest BCUT2D eigenvalue weighted by Crippen LogP contribution is 2.21. The molecule has 1 aliphatic rings. The largest absolute Gasteiger partial charge is 0.348 e. The molecule has 0 radical (unpaired) electrons. The van der Waals surface area contributed by atoms with Crippen LogP contribution in [0.5, 0.6) is 0 Å². The molecule has 5 nitrogen and oxygen atoms in total. The number of benzene rings is 1. The van der Waals surface area contributed by atoms with Gasteiger partial charge in [0.1, 0.15) is 5.56 Å². The van der Waals surface area contributed by atoms with E-state index in [1.165, 1.54) is 42.5 Å². The second kappa shape index (κ2) is 7.28. The molecule has 26 heavy (non-hydrogen) atoms. The Kier molecular flexibility index (Phi) is 4.69. The lowest BCUT2D eigenvalue weighted by Crippen LogP contribution is -2.23. The number of amides is 1. The molecule has 134 valence electrons. The van der Waals surface area contributed by atoms with Crippen LogP contribution in [0.1, 0.15) is 58.4 Å². The Bertz CT molecular complexity index is 927. The molecule has 3 aromatic rings. The van der Waals surface area contributed by atoms with Gasteiger partial charge in [0.05, 0.1) is 6.20 Å². The highest BCUT2D eigenvalue weighted by Gasteiger charge is 2.18. The summed E-state index contributed by atoms with van der Waals surface area (Å²) in [4.78, 5) is 17.2. The fraction of sp³-hybridized carbons (Fsp3) is 0.381. The molecule has 5 heteroatoms. The Balaban J connectivity index is 1.57. The number of carbonyl (C=O) groups is 1. The van der Waals surface area contributed by atoms with Gasteiger partial charge in [-0.3, -0.25) is 4.79 Å². The van der Waals surface area contributed by atoms with Crippen molar-refractivity contribution in [1.82, 2.24) is 19.9 Å². The summed E-state index contributed by atoms with van der Waals surface area (Å²) in [5.74, 6) is -0.126. The predicted molar refractivity (Wildman–Crippen MR) is 101 cm³/mol. The third-order valence-corrected chi connectivity index (χ3v) is 5.14. The average molecular weight is 348 g/mol. The van der Waals surface area contributed by atoms with Gasteiger partial charge in [0.25, 0.3) is 5.91 Å². The van der Waals surface area contributed by atoms with Gasteiger partial charge in [0.15, 0.2) is 5.65 Å². The minimum absolute atomic E-state index is 0.126. The van der Waals surface area contributed by atoms with Gasteiger partial charge in [0.2, 0.25) is 0 Å². The molecule has 0 atom stereocenters. The molecule has 4 rings (SSSR count). The Morgan fingerprint density at radius 3 is 2.65 bits per heavy atom. The molecule has 1 aromatic carbocycles. The van der Waals surface area contributed by atoms with Crippen LogP contribution >= 0.6 is 0 Å². The summed E-state index contributed by atoms with van der Waals surface area (Å²) in [6.45, 7) is 2.55. The van der Waals surface area contributed by atoms with Gasteiger partial charge < -0.3 is 5.32 Å². The van der Waals surface area contributed by atoms with Crippen molar-refractivity contribution in [1.29, 1.82) is 0 Å². The summed E-state index contributed by atoms with van der Waals surface area (Å²) >= 11 is 0. The molecule has 0 saturated carbocycles. The van der Waals surface area contributed by atoms with Crippen LogP contribution in [0.3, 0.4) is 0 Å². The molecular formula is C21H24N4O. The normalized spacial score (nSPS) is 14.5. The van der Waals surface area contributed by atoms with Gasteiger partial charge in [-0.2, -0.15) is 5.10 Å². The standard InChI is InChI=1S/C21H24N4O/c1-15-8-10-16(11-9-15)12-23-21(26)18-14-24-25-19-7-5-3-2-4-6-17(19)13-22-20(18)25/h8-11,13-14H,2-7,12H2,1H3,(H,23,26). The van der Waals surface area contributed by atoms with Crippen LogP contribution < -0.4 is 5.32 Å². The molecule has 0 aliphatic heterocycles. The molecule has 1 aliphatic carbocycles. The number of hydrogen-bond donors (Lipinski definition) is 1. The molecule has 1 amide bonds. The van der Waals surface area contributed by atoms with Crippen LogP contribution in [-0.2, 0) is 19.4 Å². The first-order valence-corrected chi connectivity index (χ1v) is 9.40. The quantitative estimate of drug-likeness (QED) is 0.786. The van der Waals surface area contributed by atoms with E-state index in [0.717, 1.165) is 18.4 Å². The number of aryl methyl sites for hydroxylation is 3. The third kappa shape index (κ3) is 3.34. The van der Waals surface area contributed by atoms with Crippen LogP contribution in [-0.4, -0.2) is 20.5 Å². The van der Waals surface area contributed by atoms with E-state index in [2.05, 4.69) is 34.5 Å². The van der Waals surface area contributed by atoms with Gasteiger partial charge >= 0.3 is 0 Å². The van der Waals surface area contributed by atoms with Crippen molar-refractivity contribution in [2.24, 2.45) is 0 Å². The lowest BCUT2D eigenvalue weighted by atomic mass is 9.98. The average Bonchev–Trinajstić information content (AvgIpc) is 3.05. The van der Waals surface area contributed by atoms with E-state index in [-0.39, 0.29) is 5.91 Å². The van der Waals surface area contributed by atoms with E-state index in [9.17, 15) is 4.79 Å². The van der Waals surface area contributed by atoms with Crippen molar-refractivity contribution >= 4 is 11.6 Å². The lowest BCUT2D eigenvalue weighted by molar-refractivity contribution is 0.0952. The molecular weight excluding hydrogens is 324 g/mol. The topological polar surface area (TPSA) is 59.3 Å². The Hall–Kier alpha value is -2.69. The number of nitrogens with zero attached hydrogens (tertiary/aromatic N) is 3. The Morgan fingerprint density at radius 2 is 1.85 bits per heavy atom. The van der Waals surface area contributed by atoms with Crippen molar-refractivity contribution in [3.05, 3.63) is 64.6 Å². The lowest BCUT2D eigenvalue weighted by Gasteiger charge is -2.14. The minimum atomic E-state index is -0.126. The van der Waals surface area contributed by atoms with Crippen molar-refractivity contribution in [2.45, 2.75) is 52.0 Å². The van der Waals surface area contributed by atoms with Crippen LogP contribution in [0, 0.1) is 6.92 Å². The summed E-state index contributed by atoms with van der Waals surface area (Å²) in [6, 6.07) is 8.17. The molecule has 1 N–H and O–H groups in total. The highest BCUT2D eigenvalue weighted by molar-refractivity contribution is 5.99. The number of nitrogens with one attached hydrogen (secondary N) is 1. The Morgan fingerprint density at radius 1 is 1.08 bits per heavy atom. The molecule has 0 fully saturated rings. The van der Waals surface area contributed by atoms with Gasteiger partial charge in [-0.15, -0.1) is 0 Å². The Labute approximate surface area is 153 Å². The number of hydrogen-bond acceptors (Lipinski definition) is 3. The SMILES string of the molecule is Cc1ccc(CNC(=O)c2cnn3c4c(cnc23)CCCCCC4)cc1. The van der Waals surface area contributed by atoms with Crippen LogP contribution in [0.4, 0.5) is 0 Å². The molecule has 0 saturated heterocycles. The van der Waals surface area contributed by atoms with E-state index in [4.69, 9.17) is 0 Å². The molecule has 2 heterocycles. The maximum atomic E-state index is 12.6. The fourth-order valence-corrected chi connectivity index (χ4v) is 3.59. The van der Waals surface area contributed by atoms with Crippen LogP contribution in [0.2, 0.25) is 0 Å². The van der Waals surface area contributed by atoms with E-state index in [1.807, 2.05) is 22.8 Å². The van der Waals surface area contributed by atoms with Gasteiger partial charge in [-0.05, 0) is 43.7 Å². The molecule has 0 unspecified atom stereocenters. The zero-order valence-electron chi connectivity index (χ0n) is 15.2. The monoisotopic (exact) mass is 348 g/mol. The summed E-state index contributed by atoms with van der Waals surface area (Å²) in [6.07, 6.45) is 10.5. The number of rotatable bonds is 3. The predicted octanol–water partition coefficient (Wildman–Crippen LogP) is 3.63.